The van der Waals surface area contributed by atoms with Crippen LogP contribution in [0.25, 0.3) is 0 Å². The summed E-state index contributed by atoms with van der Waals surface area (Å²) in [5, 5.41) is 19.4. The molecule has 0 aromatic heterocycles. The molecule has 0 saturated carbocycles. The van der Waals surface area contributed by atoms with Gasteiger partial charge in [-0.1, -0.05) is 0 Å². The Morgan fingerprint density at radius 3 is 2.60 bits per heavy atom. The molecule has 2 aliphatic rings. The van der Waals surface area contributed by atoms with E-state index >= 15 is 0 Å². The molecule has 0 spiro atoms. The van der Waals surface area contributed by atoms with Crippen LogP contribution in [-0.2, 0) is 18.9 Å². The standard InChI is InChI=1S/C9H16O6/c1-4-13-3-5-8(14-4)6(10)7(11)9(12-2)15-5/h4-11H,3H2,1-2H3/t4?,5?,6?,7?,8-,9+/m1/s1. The number of hydrogen-bond donors (Lipinski definition) is 2. The molecule has 15 heavy (non-hydrogen) atoms. The topological polar surface area (TPSA) is 77.4 Å². The molecular weight excluding hydrogens is 204 g/mol. The fourth-order valence-electron chi connectivity index (χ4n) is 1.89. The summed E-state index contributed by atoms with van der Waals surface area (Å²) in [6.45, 7) is 2.06. The summed E-state index contributed by atoms with van der Waals surface area (Å²) >= 11 is 0. The number of rotatable bonds is 1. The van der Waals surface area contributed by atoms with Crippen molar-refractivity contribution in [3.8, 4) is 0 Å². The van der Waals surface area contributed by atoms with Crippen molar-refractivity contribution in [2.45, 2.75) is 43.9 Å². The summed E-state index contributed by atoms with van der Waals surface area (Å²) in [6, 6.07) is 0. The Morgan fingerprint density at radius 1 is 1.20 bits per heavy atom. The van der Waals surface area contributed by atoms with Crippen LogP contribution in [0.15, 0.2) is 0 Å². The summed E-state index contributed by atoms with van der Waals surface area (Å²) in [5.41, 5.74) is 0. The molecule has 2 aliphatic heterocycles. The van der Waals surface area contributed by atoms with E-state index in [-0.39, 0.29) is 0 Å². The second-order valence-electron chi connectivity index (χ2n) is 3.76. The lowest BCUT2D eigenvalue weighted by Crippen LogP contribution is -2.62. The van der Waals surface area contributed by atoms with Crippen molar-refractivity contribution in [3.63, 3.8) is 0 Å². The predicted octanol–water partition coefficient (Wildman–Crippen LogP) is -1.16. The van der Waals surface area contributed by atoms with E-state index in [1.54, 1.807) is 6.92 Å². The number of fused-ring (bicyclic) bond motifs is 1. The van der Waals surface area contributed by atoms with Crippen molar-refractivity contribution >= 4 is 0 Å². The molecule has 0 aromatic carbocycles. The number of ether oxygens (including phenoxy) is 4. The minimum Gasteiger partial charge on any atom is -0.387 e. The number of aliphatic hydroxyl groups is 2. The largest absolute Gasteiger partial charge is 0.387 e. The summed E-state index contributed by atoms with van der Waals surface area (Å²) in [6.07, 6.45) is -4.29. The van der Waals surface area contributed by atoms with Crippen LogP contribution >= 0.6 is 0 Å². The van der Waals surface area contributed by atoms with Crippen LogP contribution in [0.5, 0.6) is 0 Å². The van der Waals surface area contributed by atoms with E-state index in [1.807, 2.05) is 0 Å². The Balaban J connectivity index is 2.07. The Hall–Kier alpha value is -0.240. The van der Waals surface area contributed by atoms with Crippen LogP contribution in [0.2, 0.25) is 0 Å². The van der Waals surface area contributed by atoms with Gasteiger partial charge in [-0.2, -0.15) is 0 Å². The van der Waals surface area contributed by atoms with Crippen LogP contribution < -0.4 is 0 Å². The summed E-state index contributed by atoms with van der Waals surface area (Å²) < 4.78 is 20.9. The van der Waals surface area contributed by atoms with Gasteiger partial charge in [0.2, 0.25) is 0 Å². The van der Waals surface area contributed by atoms with Gasteiger partial charge < -0.3 is 29.2 Å². The van der Waals surface area contributed by atoms with Gasteiger partial charge >= 0.3 is 0 Å². The van der Waals surface area contributed by atoms with Crippen LogP contribution in [0, 0.1) is 0 Å². The van der Waals surface area contributed by atoms with Crippen LogP contribution in [0.1, 0.15) is 6.92 Å². The van der Waals surface area contributed by atoms with Crippen molar-refractivity contribution in [2.24, 2.45) is 0 Å². The molecule has 6 nitrogen and oxygen atoms in total. The molecule has 2 rings (SSSR count). The second kappa shape index (κ2) is 4.32. The maximum atomic E-state index is 9.80. The molecule has 88 valence electrons. The van der Waals surface area contributed by atoms with E-state index in [0.717, 1.165) is 0 Å². The van der Waals surface area contributed by atoms with Crippen LogP contribution in [-0.4, -0.2) is 60.9 Å². The zero-order valence-electron chi connectivity index (χ0n) is 8.70. The smallest absolute Gasteiger partial charge is 0.186 e. The molecule has 0 radical (unpaired) electrons. The lowest BCUT2D eigenvalue weighted by Gasteiger charge is -2.45. The normalized spacial score (nSPS) is 51.2. The molecule has 0 bridgehead atoms. The quantitative estimate of drug-likeness (QED) is 0.580. The van der Waals surface area contributed by atoms with E-state index in [2.05, 4.69) is 0 Å². The maximum absolute atomic E-state index is 9.80. The first kappa shape index (κ1) is 11.3. The highest BCUT2D eigenvalue weighted by Gasteiger charge is 2.48. The van der Waals surface area contributed by atoms with Gasteiger partial charge in [0.05, 0.1) is 6.61 Å². The lowest BCUT2D eigenvalue weighted by atomic mass is 9.98. The van der Waals surface area contributed by atoms with E-state index < -0.39 is 37.0 Å². The van der Waals surface area contributed by atoms with Gasteiger partial charge in [0.15, 0.2) is 12.6 Å². The van der Waals surface area contributed by atoms with E-state index in [0.29, 0.717) is 6.61 Å². The number of methoxy groups -OCH3 is 1. The molecule has 2 heterocycles. The van der Waals surface area contributed by atoms with Gasteiger partial charge in [-0.05, 0) is 6.92 Å². The molecular formula is C9H16O6. The molecule has 0 aliphatic carbocycles. The Morgan fingerprint density at radius 2 is 1.93 bits per heavy atom. The minimum absolute atomic E-state index is 0.329. The van der Waals surface area contributed by atoms with E-state index in [9.17, 15) is 10.2 Å². The van der Waals surface area contributed by atoms with Crippen molar-refractivity contribution in [2.75, 3.05) is 13.7 Å². The zero-order valence-corrected chi connectivity index (χ0v) is 8.70. The number of aliphatic hydroxyl groups excluding tert-OH is 2. The molecule has 2 N–H and O–H groups in total. The molecule has 2 fully saturated rings. The highest BCUT2D eigenvalue weighted by atomic mass is 16.7. The summed E-state index contributed by atoms with van der Waals surface area (Å²) in [7, 11) is 1.41. The Bertz CT molecular complexity index is 221. The first-order valence-corrected chi connectivity index (χ1v) is 4.95. The predicted molar refractivity (Wildman–Crippen MR) is 48.0 cm³/mol. The summed E-state index contributed by atoms with van der Waals surface area (Å²) in [4.78, 5) is 0. The maximum Gasteiger partial charge on any atom is 0.186 e. The monoisotopic (exact) mass is 220 g/mol. The second-order valence-corrected chi connectivity index (χ2v) is 3.76. The first-order valence-electron chi connectivity index (χ1n) is 4.95. The van der Waals surface area contributed by atoms with Crippen LogP contribution in [0.3, 0.4) is 0 Å². The van der Waals surface area contributed by atoms with Crippen molar-refractivity contribution in [1.29, 1.82) is 0 Å². The molecule has 4 unspecified atom stereocenters. The van der Waals surface area contributed by atoms with Gasteiger partial charge in [0.25, 0.3) is 0 Å². The third-order valence-corrected chi connectivity index (χ3v) is 2.72. The Kier molecular flexibility index (Phi) is 3.24. The molecule has 0 amide bonds. The van der Waals surface area contributed by atoms with Gasteiger partial charge in [-0.3, -0.25) is 0 Å². The molecule has 0 aromatic rings. The summed E-state index contributed by atoms with van der Waals surface area (Å²) in [5.74, 6) is 0. The van der Waals surface area contributed by atoms with Gasteiger partial charge in [0, 0.05) is 7.11 Å². The zero-order chi connectivity index (χ0) is 11.0. The number of hydrogen-bond acceptors (Lipinski definition) is 6. The van der Waals surface area contributed by atoms with Crippen molar-refractivity contribution in [3.05, 3.63) is 0 Å². The fraction of sp³-hybridized carbons (Fsp3) is 1.00. The molecule has 6 atom stereocenters. The molecule has 2 saturated heterocycles. The third kappa shape index (κ3) is 2.01. The van der Waals surface area contributed by atoms with Gasteiger partial charge in [-0.15, -0.1) is 0 Å². The SMILES string of the molecule is CO[C@H]1OC2COC(C)O[C@H]2C(O)C1O. The lowest BCUT2D eigenvalue weighted by molar-refractivity contribution is -0.352. The van der Waals surface area contributed by atoms with E-state index in [1.165, 1.54) is 7.11 Å². The fourth-order valence-corrected chi connectivity index (χ4v) is 1.89. The third-order valence-electron chi connectivity index (χ3n) is 2.72. The van der Waals surface area contributed by atoms with Crippen molar-refractivity contribution < 1.29 is 29.2 Å². The highest BCUT2D eigenvalue weighted by molar-refractivity contribution is 4.91. The average Bonchev–Trinajstić information content (AvgIpc) is 2.24. The van der Waals surface area contributed by atoms with Gasteiger partial charge in [0.1, 0.15) is 24.4 Å². The first-order chi connectivity index (χ1) is 7.13. The molecule has 6 heteroatoms. The van der Waals surface area contributed by atoms with Crippen molar-refractivity contribution in [1.82, 2.24) is 0 Å². The van der Waals surface area contributed by atoms with Crippen LogP contribution in [0.4, 0.5) is 0 Å². The minimum atomic E-state index is -1.10. The highest BCUT2D eigenvalue weighted by Crippen LogP contribution is 2.28. The Labute approximate surface area is 87.7 Å². The average molecular weight is 220 g/mol. The van der Waals surface area contributed by atoms with E-state index in [4.69, 9.17) is 18.9 Å². The van der Waals surface area contributed by atoms with Gasteiger partial charge in [-0.25, -0.2) is 0 Å².